The number of hydrogen-bond donors (Lipinski definition) is 1. The Morgan fingerprint density at radius 3 is 2.50 bits per heavy atom. The van der Waals surface area contributed by atoms with Crippen LogP contribution >= 0.6 is 24.0 Å². The molecule has 5 rings (SSSR count). The molecule has 7 heteroatoms. The quantitative estimate of drug-likeness (QED) is 0.308. The predicted octanol–water partition coefficient (Wildman–Crippen LogP) is 7.73. The van der Waals surface area contributed by atoms with Crippen LogP contribution in [-0.2, 0) is 12.8 Å². The van der Waals surface area contributed by atoms with Crippen molar-refractivity contribution in [3.05, 3.63) is 105 Å². The summed E-state index contributed by atoms with van der Waals surface area (Å²) in [6.07, 6.45) is 3.82. The van der Waals surface area contributed by atoms with Gasteiger partial charge in [-0.05, 0) is 95.2 Å². The van der Waals surface area contributed by atoms with Crippen molar-refractivity contribution in [3.63, 3.8) is 0 Å². The number of allylic oxidation sites excluding steroid dienone is 1. The SMILES string of the molecule is Cl.O=C(O)c1ccc2c(c1)CCCC(c1cccc(F)c1Cl)=C2c1ccc(CC2CN(CCCF)C2)cc1. The molecule has 1 fully saturated rings. The zero-order valence-electron chi connectivity index (χ0n) is 21.1. The Balaban J connectivity index is 0.00000336. The van der Waals surface area contributed by atoms with E-state index in [1.807, 2.05) is 12.1 Å². The molecule has 38 heavy (non-hydrogen) atoms. The molecule has 1 aliphatic carbocycles. The Morgan fingerprint density at radius 2 is 1.79 bits per heavy atom. The molecule has 1 N–H and O–H groups in total. The van der Waals surface area contributed by atoms with Crippen LogP contribution in [0.15, 0.2) is 60.7 Å². The van der Waals surface area contributed by atoms with E-state index in [4.69, 9.17) is 11.6 Å². The van der Waals surface area contributed by atoms with Crippen molar-refractivity contribution in [1.29, 1.82) is 0 Å². The third kappa shape index (κ3) is 5.96. The first-order valence-electron chi connectivity index (χ1n) is 12.9. The van der Waals surface area contributed by atoms with Gasteiger partial charge in [-0.1, -0.05) is 54.1 Å². The van der Waals surface area contributed by atoms with E-state index in [0.29, 0.717) is 24.3 Å². The summed E-state index contributed by atoms with van der Waals surface area (Å²) in [5.41, 5.74) is 7.09. The molecule has 3 nitrogen and oxygen atoms in total. The number of carbonyl (C=O) groups is 1. The van der Waals surface area contributed by atoms with E-state index in [1.165, 1.54) is 11.6 Å². The van der Waals surface area contributed by atoms with Gasteiger partial charge >= 0.3 is 5.97 Å². The molecule has 3 aromatic rings. The van der Waals surface area contributed by atoms with Crippen molar-refractivity contribution in [2.75, 3.05) is 26.3 Å². The van der Waals surface area contributed by atoms with Crippen LogP contribution in [0.4, 0.5) is 8.78 Å². The minimum atomic E-state index is -0.949. The number of likely N-dealkylation sites (tertiary alicyclic amines) is 1. The number of alkyl halides is 1. The molecule has 0 bridgehead atoms. The predicted molar refractivity (Wildman–Crippen MR) is 152 cm³/mol. The van der Waals surface area contributed by atoms with E-state index >= 15 is 0 Å². The number of aromatic carboxylic acids is 1. The summed E-state index contributed by atoms with van der Waals surface area (Å²) < 4.78 is 26.9. The van der Waals surface area contributed by atoms with Crippen molar-refractivity contribution in [2.24, 2.45) is 5.92 Å². The van der Waals surface area contributed by atoms with Crippen LogP contribution < -0.4 is 0 Å². The molecule has 0 saturated carbocycles. The van der Waals surface area contributed by atoms with E-state index in [0.717, 1.165) is 66.7 Å². The highest BCUT2D eigenvalue weighted by Gasteiger charge is 2.27. The van der Waals surface area contributed by atoms with Gasteiger partial charge < -0.3 is 10.0 Å². The lowest BCUT2D eigenvalue weighted by atomic mass is 9.86. The van der Waals surface area contributed by atoms with Crippen molar-refractivity contribution in [1.82, 2.24) is 4.90 Å². The van der Waals surface area contributed by atoms with Crippen LogP contribution in [0.2, 0.25) is 5.02 Å². The Bertz CT molecular complexity index is 1330. The van der Waals surface area contributed by atoms with E-state index < -0.39 is 11.8 Å². The maximum atomic E-state index is 14.5. The summed E-state index contributed by atoms with van der Waals surface area (Å²) >= 11 is 6.46. The molecule has 0 amide bonds. The van der Waals surface area contributed by atoms with Crippen LogP contribution in [0.5, 0.6) is 0 Å². The third-order valence-corrected chi connectivity index (χ3v) is 7.86. The van der Waals surface area contributed by atoms with Gasteiger partial charge in [-0.3, -0.25) is 4.39 Å². The number of aryl methyl sites for hydroxylation is 1. The third-order valence-electron chi connectivity index (χ3n) is 7.48. The fraction of sp³-hybridized carbons (Fsp3) is 0.323. The van der Waals surface area contributed by atoms with Crippen LogP contribution in [-0.4, -0.2) is 42.3 Å². The van der Waals surface area contributed by atoms with Crippen LogP contribution in [0.3, 0.4) is 0 Å². The molecule has 1 heterocycles. The fourth-order valence-electron chi connectivity index (χ4n) is 5.67. The first kappa shape index (κ1) is 28.3. The first-order valence-corrected chi connectivity index (χ1v) is 13.2. The van der Waals surface area contributed by atoms with E-state index in [-0.39, 0.29) is 29.7 Å². The minimum absolute atomic E-state index is 0. The molecule has 200 valence electrons. The highest BCUT2D eigenvalue weighted by Crippen LogP contribution is 2.42. The smallest absolute Gasteiger partial charge is 0.335 e. The number of fused-ring (bicyclic) bond motifs is 1. The van der Waals surface area contributed by atoms with Crippen molar-refractivity contribution in [2.45, 2.75) is 32.1 Å². The number of hydrogen-bond acceptors (Lipinski definition) is 2. The number of carboxylic acid groups (broad SMARTS) is 1. The molecule has 2 aliphatic rings. The van der Waals surface area contributed by atoms with Crippen molar-refractivity contribution in [3.8, 4) is 0 Å². The maximum absolute atomic E-state index is 14.5. The number of halogens is 4. The lowest BCUT2D eigenvalue weighted by Gasteiger charge is -2.39. The summed E-state index contributed by atoms with van der Waals surface area (Å²) in [5.74, 6) is -0.818. The van der Waals surface area contributed by atoms with Gasteiger partial charge in [0.1, 0.15) is 5.82 Å². The van der Waals surface area contributed by atoms with Gasteiger partial charge in [0.25, 0.3) is 0 Å². The molecular formula is C31H31Cl2F2NO2. The zero-order valence-corrected chi connectivity index (χ0v) is 22.6. The number of rotatable bonds is 8. The van der Waals surface area contributed by atoms with Gasteiger partial charge in [0.15, 0.2) is 0 Å². The second kappa shape index (κ2) is 12.4. The monoisotopic (exact) mass is 557 g/mol. The normalized spacial score (nSPS) is 15.9. The fourth-order valence-corrected chi connectivity index (χ4v) is 5.91. The number of carboxylic acids is 1. The van der Waals surface area contributed by atoms with Crippen LogP contribution in [0, 0.1) is 11.7 Å². The van der Waals surface area contributed by atoms with Gasteiger partial charge in [-0.2, -0.15) is 0 Å². The van der Waals surface area contributed by atoms with Gasteiger partial charge in [-0.25, -0.2) is 9.18 Å². The molecular weight excluding hydrogens is 527 g/mol. The number of benzene rings is 3. The van der Waals surface area contributed by atoms with E-state index in [9.17, 15) is 18.7 Å². The highest BCUT2D eigenvalue weighted by atomic mass is 35.5. The van der Waals surface area contributed by atoms with E-state index in [2.05, 4.69) is 29.2 Å². The largest absolute Gasteiger partial charge is 0.478 e. The summed E-state index contributed by atoms with van der Waals surface area (Å²) in [6.45, 7) is 2.58. The molecule has 1 aliphatic heterocycles. The standard InChI is InChI=1S/C31H30ClF2NO2.ClH/c32-30-27(6-2-7-28(30)34)26-5-1-4-23-17-24(31(36)37)12-13-25(23)29(26)22-10-8-20(9-11-22)16-21-18-35(19-21)15-3-14-33;/h2,6-13,17,21H,1,3-5,14-16,18-19H2,(H,36,37);1H. The average molecular weight is 558 g/mol. The molecule has 3 aromatic carbocycles. The lowest BCUT2D eigenvalue weighted by Crippen LogP contribution is -2.47. The van der Waals surface area contributed by atoms with Crippen molar-refractivity contribution < 1.29 is 18.7 Å². The van der Waals surface area contributed by atoms with Gasteiger partial charge in [0.2, 0.25) is 0 Å². The Labute approximate surface area is 233 Å². The summed E-state index contributed by atoms with van der Waals surface area (Å²) in [6, 6.07) is 18.7. The number of nitrogens with zero attached hydrogens (tertiary/aromatic N) is 1. The second-order valence-corrected chi connectivity index (χ2v) is 10.4. The maximum Gasteiger partial charge on any atom is 0.335 e. The molecule has 0 aromatic heterocycles. The van der Waals surface area contributed by atoms with E-state index in [1.54, 1.807) is 18.2 Å². The molecule has 1 saturated heterocycles. The Kier molecular flexibility index (Phi) is 9.24. The molecule has 0 spiro atoms. The summed E-state index contributed by atoms with van der Waals surface area (Å²) in [4.78, 5) is 13.9. The Morgan fingerprint density at radius 1 is 1.03 bits per heavy atom. The van der Waals surface area contributed by atoms with Crippen LogP contribution in [0.1, 0.15) is 57.4 Å². The lowest BCUT2D eigenvalue weighted by molar-refractivity contribution is 0.0696. The minimum Gasteiger partial charge on any atom is -0.478 e. The molecule has 0 unspecified atom stereocenters. The first-order chi connectivity index (χ1) is 17.9. The van der Waals surface area contributed by atoms with Crippen molar-refractivity contribution >= 4 is 41.1 Å². The Hall–Kier alpha value is -2.73. The van der Waals surface area contributed by atoms with Gasteiger partial charge in [0, 0.05) is 19.6 Å². The topological polar surface area (TPSA) is 40.5 Å². The highest BCUT2D eigenvalue weighted by molar-refractivity contribution is 6.33. The summed E-state index contributed by atoms with van der Waals surface area (Å²) in [5, 5.41) is 9.64. The van der Waals surface area contributed by atoms with Crippen LogP contribution in [0.25, 0.3) is 11.1 Å². The molecule has 0 atom stereocenters. The molecule has 0 radical (unpaired) electrons. The average Bonchev–Trinajstić information content (AvgIpc) is 3.06. The van der Waals surface area contributed by atoms with Gasteiger partial charge in [-0.15, -0.1) is 12.4 Å². The van der Waals surface area contributed by atoms with Gasteiger partial charge in [0.05, 0.1) is 17.3 Å². The zero-order chi connectivity index (χ0) is 25.9. The summed E-state index contributed by atoms with van der Waals surface area (Å²) in [7, 11) is 0. The second-order valence-electron chi connectivity index (χ2n) is 10.1.